The third kappa shape index (κ3) is 5.38. The normalized spacial score (nSPS) is 21.2. The Hall–Kier alpha value is -1.26. The van der Waals surface area contributed by atoms with Gasteiger partial charge in [-0.2, -0.15) is 0 Å². The van der Waals surface area contributed by atoms with Gasteiger partial charge in [-0.3, -0.25) is 9.59 Å². The number of halogens is 2. The van der Waals surface area contributed by atoms with Crippen LogP contribution < -0.4 is 5.32 Å². The molecule has 0 bridgehead atoms. The number of amides is 1. The molecule has 0 spiro atoms. The quantitative estimate of drug-likeness (QED) is 0.788. The molecule has 1 aliphatic carbocycles. The molecule has 0 unspecified atom stereocenters. The average molecular weight is 372 g/mol. The van der Waals surface area contributed by atoms with E-state index >= 15 is 0 Å². The van der Waals surface area contributed by atoms with Crippen LogP contribution in [0, 0.1) is 5.92 Å². The second kappa shape index (κ2) is 7.75. The van der Waals surface area contributed by atoms with E-state index < -0.39 is 5.60 Å². The van der Waals surface area contributed by atoms with Crippen molar-refractivity contribution in [2.45, 2.75) is 58.1 Å². The zero-order valence-corrected chi connectivity index (χ0v) is 15.7. The fourth-order valence-electron chi connectivity index (χ4n) is 2.80. The van der Waals surface area contributed by atoms with Gasteiger partial charge < -0.3 is 10.1 Å². The zero-order chi connectivity index (χ0) is 17.9. The van der Waals surface area contributed by atoms with Crippen LogP contribution in [0.3, 0.4) is 0 Å². The number of esters is 1. The van der Waals surface area contributed by atoms with Gasteiger partial charge in [0.1, 0.15) is 5.60 Å². The smallest absolute Gasteiger partial charge is 0.309 e. The van der Waals surface area contributed by atoms with E-state index in [1.165, 1.54) is 0 Å². The molecule has 1 aromatic carbocycles. The van der Waals surface area contributed by atoms with Crippen molar-refractivity contribution in [3.63, 3.8) is 0 Å². The van der Waals surface area contributed by atoms with Crippen LogP contribution in [0.1, 0.15) is 56.8 Å². The molecule has 0 saturated heterocycles. The molecule has 1 fully saturated rings. The maximum absolute atomic E-state index is 12.3. The molecule has 2 rings (SSSR count). The summed E-state index contributed by atoms with van der Waals surface area (Å²) in [6, 6.07) is 4.86. The van der Waals surface area contributed by atoms with Gasteiger partial charge in [0.15, 0.2) is 0 Å². The molecule has 0 heterocycles. The molecular formula is C18H23Cl2NO3. The number of benzene rings is 1. The molecule has 1 aromatic rings. The topological polar surface area (TPSA) is 55.4 Å². The molecular weight excluding hydrogens is 349 g/mol. The highest BCUT2D eigenvalue weighted by molar-refractivity contribution is 6.36. The number of rotatable bonds is 3. The highest BCUT2D eigenvalue weighted by atomic mass is 35.5. The Morgan fingerprint density at radius 3 is 2.29 bits per heavy atom. The molecule has 0 aliphatic heterocycles. The summed E-state index contributed by atoms with van der Waals surface area (Å²) in [6.07, 6.45) is 2.93. The minimum Gasteiger partial charge on any atom is -0.460 e. The summed E-state index contributed by atoms with van der Waals surface area (Å²) in [5, 5.41) is 3.82. The van der Waals surface area contributed by atoms with Crippen LogP contribution in [0.25, 0.3) is 0 Å². The second-order valence-electron chi connectivity index (χ2n) is 7.18. The first-order valence-electron chi connectivity index (χ1n) is 8.14. The summed E-state index contributed by atoms with van der Waals surface area (Å²) >= 11 is 11.9. The monoisotopic (exact) mass is 371 g/mol. The van der Waals surface area contributed by atoms with Crippen LogP contribution in [-0.4, -0.2) is 23.5 Å². The molecule has 132 valence electrons. The van der Waals surface area contributed by atoms with Crippen LogP contribution in [-0.2, 0) is 9.53 Å². The molecule has 0 aromatic heterocycles. The number of carbonyl (C=O) groups excluding carboxylic acids is 2. The van der Waals surface area contributed by atoms with Crippen molar-refractivity contribution in [3.05, 3.63) is 33.8 Å². The highest BCUT2D eigenvalue weighted by Crippen LogP contribution is 2.28. The Labute approximate surface area is 152 Å². The van der Waals surface area contributed by atoms with Crippen molar-refractivity contribution < 1.29 is 14.3 Å². The minimum absolute atomic E-state index is 0.0444. The fourth-order valence-corrected chi connectivity index (χ4v) is 3.29. The SMILES string of the molecule is CC(C)(C)OC(=O)C1CCC(NC(=O)c2ccc(Cl)cc2Cl)CC1. The third-order valence-corrected chi connectivity index (χ3v) is 4.53. The van der Waals surface area contributed by atoms with Crippen molar-refractivity contribution in [1.82, 2.24) is 5.32 Å². The van der Waals surface area contributed by atoms with Crippen LogP contribution in [0.4, 0.5) is 0 Å². The van der Waals surface area contributed by atoms with Crippen LogP contribution in [0.5, 0.6) is 0 Å². The highest BCUT2D eigenvalue weighted by Gasteiger charge is 2.30. The van der Waals surface area contributed by atoms with Crippen molar-refractivity contribution >= 4 is 35.1 Å². The van der Waals surface area contributed by atoms with Crippen LogP contribution in [0.2, 0.25) is 10.0 Å². The molecule has 0 atom stereocenters. The van der Waals surface area contributed by atoms with E-state index in [4.69, 9.17) is 27.9 Å². The average Bonchev–Trinajstić information content (AvgIpc) is 2.45. The molecule has 1 amide bonds. The maximum atomic E-state index is 12.3. The van der Waals surface area contributed by atoms with Gasteiger partial charge in [0.05, 0.1) is 16.5 Å². The molecule has 4 nitrogen and oxygen atoms in total. The lowest BCUT2D eigenvalue weighted by Gasteiger charge is -2.30. The first kappa shape index (κ1) is 19.1. The molecule has 0 radical (unpaired) electrons. The van der Waals surface area contributed by atoms with E-state index in [0.29, 0.717) is 28.5 Å². The Bertz CT molecular complexity index is 617. The van der Waals surface area contributed by atoms with E-state index in [2.05, 4.69) is 5.32 Å². The molecule has 1 aliphatic rings. The Balaban J connectivity index is 1.86. The van der Waals surface area contributed by atoms with E-state index in [1.807, 2.05) is 20.8 Å². The number of hydrogen-bond acceptors (Lipinski definition) is 3. The number of nitrogens with one attached hydrogen (secondary N) is 1. The van der Waals surface area contributed by atoms with Crippen LogP contribution in [0.15, 0.2) is 18.2 Å². The van der Waals surface area contributed by atoms with Crippen molar-refractivity contribution in [2.24, 2.45) is 5.92 Å². The fraction of sp³-hybridized carbons (Fsp3) is 0.556. The Morgan fingerprint density at radius 1 is 1.12 bits per heavy atom. The first-order valence-corrected chi connectivity index (χ1v) is 8.90. The van der Waals surface area contributed by atoms with Gasteiger partial charge in [-0.05, 0) is 64.7 Å². The third-order valence-electron chi connectivity index (χ3n) is 3.98. The van der Waals surface area contributed by atoms with E-state index in [0.717, 1.165) is 12.8 Å². The largest absolute Gasteiger partial charge is 0.460 e. The predicted octanol–water partition coefficient (Wildman–Crippen LogP) is 4.62. The summed E-state index contributed by atoms with van der Waals surface area (Å²) in [6.45, 7) is 5.60. The summed E-state index contributed by atoms with van der Waals surface area (Å²) in [5.41, 5.74) is -0.0525. The van der Waals surface area contributed by atoms with Gasteiger partial charge in [-0.25, -0.2) is 0 Å². The summed E-state index contributed by atoms with van der Waals surface area (Å²) in [4.78, 5) is 24.4. The number of ether oxygens (including phenoxy) is 1. The zero-order valence-electron chi connectivity index (χ0n) is 14.2. The van der Waals surface area contributed by atoms with Gasteiger partial charge in [0.2, 0.25) is 0 Å². The number of carbonyl (C=O) groups is 2. The van der Waals surface area contributed by atoms with E-state index in [9.17, 15) is 9.59 Å². The lowest BCUT2D eigenvalue weighted by atomic mass is 9.86. The number of hydrogen-bond donors (Lipinski definition) is 1. The van der Waals surface area contributed by atoms with Gasteiger partial charge in [0, 0.05) is 11.1 Å². The minimum atomic E-state index is -0.465. The standard InChI is InChI=1S/C18H23Cl2NO3/c1-18(2,3)24-17(23)11-4-7-13(8-5-11)21-16(22)14-9-6-12(19)10-15(14)20/h6,9-11,13H,4-5,7-8H2,1-3H3,(H,21,22). The van der Waals surface area contributed by atoms with Gasteiger partial charge >= 0.3 is 5.97 Å². The lowest BCUT2D eigenvalue weighted by Crippen LogP contribution is -2.40. The van der Waals surface area contributed by atoms with Crippen molar-refractivity contribution in [2.75, 3.05) is 0 Å². The summed E-state index contributed by atoms with van der Waals surface area (Å²) < 4.78 is 5.43. The molecule has 1 saturated carbocycles. The summed E-state index contributed by atoms with van der Waals surface area (Å²) in [5.74, 6) is -0.443. The van der Waals surface area contributed by atoms with Crippen molar-refractivity contribution in [1.29, 1.82) is 0 Å². The predicted molar refractivity (Wildman–Crippen MR) is 95.5 cm³/mol. The van der Waals surface area contributed by atoms with E-state index in [1.54, 1.807) is 18.2 Å². The first-order chi connectivity index (χ1) is 11.2. The van der Waals surface area contributed by atoms with Crippen molar-refractivity contribution in [3.8, 4) is 0 Å². The van der Waals surface area contributed by atoms with Gasteiger partial charge in [-0.1, -0.05) is 23.2 Å². The Morgan fingerprint density at radius 2 is 1.75 bits per heavy atom. The molecule has 24 heavy (non-hydrogen) atoms. The summed E-state index contributed by atoms with van der Waals surface area (Å²) in [7, 11) is 0. The molecule has 6 heteroatoms. The van der Waals surface area contributed by atoms with Crippen LogP contribution >= 0.6 is 23.2 Å². The Kier molecular flexibility index (Phi) is 6.16. The second-order valence-corrected chi connectivity index (χ2v) is 8.02. The van der Waals surface area contributed by atoms with Gasteiger partial charge in [-0.15, -0.1) is 0 Å². The van der Waals surface area contributed by atoms with Gasteiger partial charge in [0.25, 0.3) is 5.91 Å². The maximum Gasteiger partial charge on any atom is 0.309 e. The molecule has 1 N–H and O–H groups in total. The lowest BCUT2D eigenvalue weighted by molar-refractivity contribution is -0.161. The van der Waals surface area contributed by atoms with E-state index in [-0.39, 0.29) is 23.8 Å².